The van der Waals surface area contributed by atoms with Crippen molar-refractivity contribution >= 4 is 11.6 Å². The molecule has 76 valence electrons. The molecule has 2 bridgehead atoms. The number of aromatic nitrogens is 3. The van der Waals surface area contributed by atoms with Gasteiger partial charge in [-0.2, -0.15) is 5.10 Å². The summed E-state index contributed by atoms with van der Waals surface area (Å²) < 4.78 is 5.76. The van der Waals surface area contributed by atoms with Gasteiger partial charge in [0.25, 0.3) is 0 Å². The lowest BCUT2D eigenvalue weighted by atomic mass is 9.89. The first-order valence-electron chi connectivity index (χ1n) is 4.99. The van der Waals surface area contributed by atoms with Crippen molar-refractivity contribution < 1.29 is 4.74 Å². The van der Waals surface area contributed by atoms with Crippen LogP contribution in [-0.4, -0.2) is 27.4 Å². The minimum absolute atomic E-state index is 0.346. The third-order valence-electron chi connectivity index (χ3n) is 3.11. The Kier molecular flexibility index (Phi) is 1.99. The van der Waals surface area contributed by atoms with E-state index in [1.54, 1.807) is 0 Å². The van der Waals surface area contributed by atoms with Crippen molar-refractivity contribution in [3.63, 3.8) is 0 Å². The molecule has 0 aliphatic carbocycles. The van der Waals surface area contributed by atoms with Gasteiger partial charge in [-0.05, 0) is 19.3 Å². The summed E-state index contributed by atoms with van der Waals surface area (Å²) in [7, 11) is 0. The van der Waals surface area contributed by atoms with E-state index in [1.165, 1.54) is 6.42 Å². The maximum atomic E-state index is 5.76. The zero-order valence-corrected chi connectivity index (χ0v) is 8.50. The van der Waals surface area contributed by atoms with E-state index < -0.39 is 0 Å². The van der Waals surface area contributed by atoms with Crippen LogP contribution < -0.4 is 0 Å². The van der Waals surface area contributed by atoms with Crippen molar-refractivity contribution in [3.8, 4) is 0 Å². The van der Waals surface area contributed by atoms with Crippen LogP contribution in [0.15, 0.2) is 0 Å². The molecule has 5 heteroatoms. The Morgan fingerprint density at radius 2 is 2.43 bits per heavy atom. The number of H-pyrrole nitrogens is 1. The highest BCUT2D eigenvalue weighted by atomic mass is 35.5. The van der Waals surface area contributed by atoms with Crippen molar-refractivity contribution in [2.75, 3.05) is 0 Å². The zero-order chi connectivity index (χ0) is 9.54. The van der Waals surface area contributed by atoms with E-state index in [9.17, 15) is 0 Å². The Morgan fingerprint density at radius 3 is 3.00 bits per heavy atom. The standard InChI is InChI=1S/C9H12ClN3O/c10-4-8-11-9(13-12-8)6-3-5-1-2-7(6)14-5/h5-7H,1-4H2,(H,11,12,13). The molecule has 1 N–H and O–H groups in total. The minimum atomic E-state index is 0.346. The van der Waals surface area contributed by atoms with Crippen LogP contribution in [0.3, 0.4) is 0 Å². The Labute approximate surface area is 87.0 Å². The molecular weight excluding hydrogens is 202 g/mol. The van der Waals surface area contributed by atoms with E-state index in [-0.39, 0.29) is 0 Å². The molecule has 1 aromatic rings. The molecule has 3 unspecified atom stereocenters. The Balaban J connectivity index is 1.82. The quantitative estimate of drug-likeness (QED) is 0.759. The Hall–Kier alpha value is -0.610. The summed E-state index contributed by atoms with van der Waals surface area (Å²) in [5, 5.41) is 7.03. The number of hydrogen-bond acceptors (Lipinski definition) is 3. The smallest absolute Gasteiger partial charge is 0.156 e. The van der Waals surface area contributed by atoms with Crippen molar-refractivity contribution in [1.82, 2.24) is 15.2 Å². The van der Waals surface area contributed by atoms with Crippen LogP contribution in [0.2, 0.25) is 0 Å². The van der Waals surface area contributed by atoms with Gasteiger partial charge in [-0.25, -0.2) is 4.98 Å². The predicted octanol–water partition coefficient (Wildman–Crippen LogP) is 1.58. The van der Waals surface area contributed by atoms with Gasteiger partial charge in [0, 0.05) is 5.92 Å². The van der Waals surface area contributed by atoms with E-state index in [1.807, 2.05) is 0 Å². The Morgan fingerprint density at radius 1 is 1.50 bits per heavy atom. The predicted molar refractivity (Wildman–Crippen MR) is 51.2 cm³/mol. The van der Waals surface area contributed by atoms with Crippen LogP contribution in [-0.2, 0) is 10.6 Å². The third kappa shape index (κ3) is 1.25. The van der Waals surface area contributed by atoms with E-state index in [4.69, 9.17) is 16.3 Å². The van der Waals surface area contributed by atoms with Crippen molar-refractivity contribution in [2.45, 2.75) is 43.3 Å². The molecular formula is C9H12ClN3O. The number of alkyl halides is 1. The number of halogens is 1. The summed E-state index contributed by atoms with van der Waals surface area (Å²) >= 11 is 5.66. The highest BCUT2D eigenvalue weighted by molar-refractivity contribution is 6.16. The molecule has 2 saturated heterocycles. The maximum Gasteiger partial charge on any atom is 0.156 e. The molecule has 3 atom stereocenters. The first kappa shape index (κ1) is 8.68. The van der Waals surface area contributed by atoms with E-state index >= 15 is 0 Å². The average Bonchev–Trinajstić information content (AvgIpc) is 2.93. The average molecular weight is 214 g/mol. The van der Waals surface area contributed by atoms with Gasteiger partial charge in [-0.15, -0.1) is 11.6 Å². The summed E-state index contributed by atoms with van der Waals surface area (Å²) in [5.41, 5.74) is 0. The fourth-order valence-electron chi connectivity index (χ4n) is 2.45. The second-order valence-electron chi connectivity index (χ2n) is 3.99. The van der Waals surface area contributed by atoms with Crippen molar-refractivity contribution in [3.05, 3.63) is 11.6 Å². The fourth-order valence-corrected chi connectivity index (χ4v) is 2.56. The summed E-state index contributed by atoms with van der Waals surface area (Å²) in [4.78, 5) is 4.35. The van der Waals surface area contributed by atoms with Crippen molar-refractivity contribution in [1.29, 1.82) is 0 Å². The van der Waals surface area contributed by atoms with E-state index in [2.05, 4.69) is 15.2 Å². The summed E-state index contributed by atoms with van der Waals surface area (Å²) in [6.07, 6.45) is 4.22. The molecule has 2 fully saturated rings. The molecule has 1 aromatic heterocycles. The molecule has 0 spiro atoms. The number of ether oxygens (including phenoxy) is 1. The molecule has 2 aliphatic heterocycles. The number of rotatable bonds is 2. The summed E-state index contributed by atoms with van der Waals surface area (Å²) in [6, 6.07) is 0. The number of nitrogens with one attached hydrogen (secondary N) is 1. The lowest BCUT2D eigenvalue weighted by molar-refractivity contribution is 0.0999. The van der Waals surface area contributed by atoms with Gasteiger partial charge in [0.1, 0.15) is 5.82 Å². The Bertz CT molecular complexity index is 341. The highest BCUT2D eigenvalue weighted by Crippen LogP contribution is 2.43. The topological polar surface area (TPSA) is 50.8 Å². The number of hydrogen-bond donors (Lipinski definition) is 1. The third-order valence-corrected chi connectivity index (χ3v) is 3.37. The van der Waals surface area contributed by atoms with Crippen LogP contribution in [0.1, 0.15) is 36.8 Å². The molecule has 3 heterocycles. The van der Waals surface area contributed by atoms with Gasteiger partial charge in [-0.3, -0.25) is 5.10 Å². The van der Waals surface area contributed by atoms with Gasteiger partial charge in [0.05, 0.1) is 18.1 Å². The van der Waals surface area contributed by atoms with Gasteiger partial charge in [-0.1, -0.05) is 0 Å². The van der Waals surface area contributed by atoms with Gasteiger partial charge in [0.2, 0.25) is 0 Å². The largest absolute Gasteiger partial charge is 0.374 e. The van der Waals surface area contributed by atoms with Crippen molar-refractivity contribution in [2.24, 2.45) is 0 Å². The molecule has 0 radical (unpaired) electrons. The molecule has 2 aliphatic rings. The summed E-state index contributed by atoms with van der Waals surface area (Å²) in [5.74, 6) is 2.42. The monoisotopic (exact) mass is 213 g/mol. The molecule has 0 aromatic carbocycles. The molecule has 14 heavy (non-hydrogen) atoms. The molecule has 0 amide bonds. The number of fused-ring (bicyclic) bond motifs is 2. The lowest BCUT2D eigenvalue weighted by Crippen LogP contribution is -2.15. The van der Waals surface area contributed by atoms with Gasteiger partial charge < -0.3 is 4.74 Å². The first-order valence-corrected chi connectivity index (χ1v) is 5.53. The highest BCUT2D eigenvalue weighted by Gasteiger charge is 2.43. The first-order chi connectivity index (χ1) is 6.86. The van der Waals surface area contributed by atoms with Crippen LogP contribution in [0.5, 0.6) is 0 Å². The fraction of sp³-hybridized carbons (Fsp3) is 0.778. The molecule has 4 nitrogen and oxygen atoms in total. The minimum Gasteiger partial charge on any atom is -0.374 e. The van der Waals surface area contributed by atoms with Gasteiger partial charge >= 0.3 is 0 Å². The second-order valence-corrected chi connectivity index (χ2v) is 4.26. The maximum absolute atomic E-state index is 5.76. The van der Waals surface area contributed by atoms with E-state index in [0.717, 1.165) is 24.5 Å². The van der Waals surface area contributed by atoms with Crippen LogP contribution in [0.4, 0.5) is 0 Å². The number of aromatic amines is 1. The second kappa shape index (κ2) is 3.21. The molecule has 3 rings (SSSR count). The van der Waals surface area contributed by atoms with Crippen LogP contribution >= 0.6 is 11.6 Å². The molecule has 0 saturated carbocycles. The SMILES string of the molecule is ClCc1nc(C2CC3CCC2O3)n[nH]1. The summed E-state index contributed by atoms with van der Waals surface area (Å²) in [6.45, 7) is 0. The van der Waals surface area contributed by atoms with Crippen LogP contribution in [0, 0.1) is 0 Å². The van der Waals surface area contributed by atoms with Gasteiger partial charge in [0.15, 0.2) is 5.82 Å². The number of nitrogens with zero attached hydrogens (tertiary/aromatic N) is 2. The van der Waals surface area contributed by atoms with Crippen LogP contribution in [0.25, 0.3) is 0 Å². The lowest BCUT2D eigenvalue weighted by Gasteiger charge is -2.14. The van der Waals surface area contributed by atoms with E-state index in [0.29, 0.717) is 24.0 Å². The normalized spacial score (nSPS) is 35.4. The zero-order valence-electron chi connectivity index (χ0n) is 7.74.